The summed E-state index contributed by atoms with van der Waals surface area (Å²) in [6, 6.07) is 5.29. The van der Waals surface area contributed by atoms with Crippen molar-refractivity contribution in [3.63, 3.8) is 0 Å². The van der Waals surface area contributed by atoms with Gasteiger partial charge in [0.1, 0.15) is 6.61 Å². The lowest BCUT2D eigenvalue weighted by molar-refractivity contribution is 0.363. The van der Waals surface area contributed by atoms with Crippen LogP contribution in [0, 0.1) is 0 Å². The van der Waals surface area contributed by atoms with E-state index >= 15 is 0 Å². The summed E-state index contributed by atoms with van der Waals surface area (Å²) in [6.45, 7) is 1.28. The van der Waals surface area contributed by atoms with Crippen molar-refractivity contribution in [2.75, 3.05) is 20.2 Å². The summed E-state index contributed by atoms with van der Waals surface area (Å²) < 4.78 is 5.44. The smallest absolute Gasteiger partial charge is 0.156 e. The Morgan fingerprint density at radius 3 is 2.53 bits per heavy atom. The molecule has 1 N–H and O–H groups in total. The molecule has 0 bridgehead atoms. The third-order valence-corrected chi connectivity index (χ3v) is 2.33. The quantitative estimate of drug-likeness (QED) is 0.806. The minimum Gasteiger partial charge on any atom is -0.486 e. The van der Waals surface area contributed by atoms with E-state index in [1.54, 1.807) is 18.2 Å². The van der Waals surface area contributed by atoms with Gasteiger partial charge in [0.2, 0.25) is 0 Å². The molecule has 0 unspecified atom stereocenters. The van der Waals surface area contributed by atoms with Gasteiger partial charge >= 0.3 is 0 Å². The normalized spacial score (nSPS) is 10.9. The van der Waals surface area contributed by atoms with E-state index in [4.69, 9.17) is 27.9 Å². The lowest BCUT2D eigenvalue weighted by Gasteiger charge is -2.06. The number of halogens is 2. The molecule has 0 heterocycles. The number of benzene rings is 1. The maximum absolute atomic E-state index is 5.92. The molecule has 0 radical (unpaired) electrons. The van der Waals surface area contributed by atoms with Gasteiger partial charge in [0.15, 0.2) is 5.75 Å². The lowest BCUT2D eigenvalue weighted by Crippen LogP contribution is -2.04. The summed E-state index contributed by atoms with van der Waals surface area (Å²) in [6.07, 6.45) is 3.89. The summed E-state index contributed by atoms with van der Waals surface area (Å²) in [5.74, 6) is 0.537. The Morgan fingerprint density at radius 2 is 1.93 bits per heavy atom. The van der Waals surface area contributed by atoms with Gasteiger partial charge in [-0.3, -0.25) is 0 Å². The van der Waals surface area contributed by atoms with Gasteiger partial charge in [0, 0.05) is 6.54 Å². The molecule has 0 amide bonds. The third-order valence-electron chi connectivity index (χ3n) is 1.73. The Hall–Kier alpha value is -0.700. The van der Waals surface area contributed by atoms with Crippen molar-refractivity contribution >= 4 is 23.2 Å². The number of likely N-dealkylation sites (N-methyl/N-ethyl adjacent to an activating group) is 1. The second kappa shape index (κ2) is 6.72. The number of para-hydroxylation sites is 1. The van der Waals surface area contributed by atoms with Gasteiger partial charge in [-0.2, -0.15) is 0 Å². The number of rotatable bonds is 5. The molecule has 0 aromatic heterocycles. The zero-order valence-corrected chi connectivity index (χ0v) is 9.98. The predicted molar refractivity (Wildman–Crippen MR) is 65.0 cm³/mol. The monoisotopic (exact) mass is 245 g/mol. The second-order valence-corrected chi connectivity index (χ2v) is 3.71. The molecule has 1 rings (SSSR count). The number of hydrogen-bond acceptors (Lipinski definition) is 2. The predicted octanol–water partition coefficient (Wildman–Crippen LogP) is 3.15. The van der Waals surface area contributed by atoms with Crippen molar-refractivity contribution in [2.45, 2.75) is 0 Å². The highest BCUT2D eigenvalue weighted by molar-refractivity contribution is 6.37. The average molecular weight is 246 g/mol. The van der Waals surface area contributed by atoms with Crippen LogP contribution in [0.5, 0.6) is 5.75 Å². The van der Waals surface area contributed by atoms with Crippen LogP contribution in [0.25, 0.3) is 0 Å². The van der Waals surface area contributed by atoms with Crippen molar-refractivity contribution in [3.05, 3.63) is 40.4 Å². The maximum atomic E-state index is 5.92. The van der Waals surface area contributed by atoms with E-state index in [1.165, 1.54) is 0 Å². The highest BCUT2D eigenvalue weighted by Crippen LogP contribution is 2.32. The minimum atomic E-state index is 0.463. The zero-order valence-electron chi connectivity index (χ0n) is 8.47. The molecule has 1 aromatic carbocycles. The minimum absolute atomic E-state index is 0.463. The fourth-order valence-electron chi connectivity index (χ4n) is 1.02. The van der Waals surface area contributed by atoms with Crippen LogP contribution >= 0.6 is 23.2 Å². The molecule has 15 heavy (non-hydrogen) atoms. The lowest BCUT2D eigenvalue weighted by atomic mass is 10.3. The van der Waals surface area contributed by atoms with Gasteiger partial charge in [-0.05, 0) is 19.2 Å². The molecule has 0 spiro atoms. The summed E-state index contributed by atoms with van der Waals surface area (Å²) in [4.78, 5) is 0. The van der Waals surface area contributed by atoms with E-state index in [1.807, 2.05) is 19.2 Å². The van der Waals surface area contributed by atoms with Crippen molar-refractivity contribution in [2.24, 2.45) is 0 Å². The fourth-order valence-corrected chi connectivity index (χ4v) is 1.53. The molecule has 0 aliphatic carbocycles. The van der Waals surface area contributed by atoms with Crippen LogP contribution < -0.4 is 10.1 Å². The Labute approximate surface area is 99.8 Å². The van der Waals surface area contributed by atoms with E-state index < -0.39 is 0 Å². The highest BCUT2D eigenvalue weighted by atomic mass is 35.5. The van der Waals surface area contributed by atoms with Crippen molar-refractivity contribution in [1.29, 1.82) is 0 Å². The molecular formula is C11H13Cl2NO. The summed E-state index contributed by atoms with van der Waals surface area (Å²) in [5.41, 5.74) is 0. The zero-order chi connectivity index (χ0) is 11.1. The molecule has 0 saturated heterocycles. The van der Waals surface area contributed by atoms with Gasteiger partial charge in [-0.25, -0.2) is 0 Å². The standard InChI is InChI=1S/C11H13Cl2NO/c1-14-7-2-3-8-15-11-9(12)5-4-6-10(11)13/h2-6,14H,7-8H2,1H3. The number of hydrogen-bond donors (Lipinski definition) is 1. The van der Waals surface area contributed by atoms with Crippen LogP contribution in [0.4, 0.5) is 0 Å². The Morgan fingerprint density at radius 1 is 1.27 bits per heavy atom. The molecule has 4 heteroatoms. The van der Waals surface area contributed by atoms with Crippen LogP contribution in [0.15, 0.2) is 30.4 Å². The largest absolute Gasteiger partial charge is 0.486 e. The van der Waals surface area contributed by atoms with Gasteiger partial charge in [-0.1, -0.05) is 41.4 Å². The van der Waals surface area contributed by atoms with E-state index in [-0.39, 0.29) is 0 Å². The van der Waals surface area contributed by atoms with Crippen LogP contribution in [-0.2, 0) is 0 Å². The third kappa shape index (κ3) is 4.12. The molecule has 82 valence electrons. The van der Waals surface area contributed by atoms with Crippen molar-refractivity contribution in [3.8, 4) is 5.75 Å². The Bertz CT molecular complexity index is 319. The fraction of sp³-hybridized carbons (Fsp3) is 0.273. The van der Waals surface area contributed by atoms with Gasteiger partial charge in [0.25, 0.3) is 0 Å². The molecule has 0 fully saturated rings. The van der Waals surface area contributed by atoms with E-state index in [0.29, 0.717) is 22.4 Å². The Kier molecular flexibility index (Phi) is 5.54. The SMILES string of the molecule is CNCC=CCOc1c(Cl)cccc1Cl. The maximum Gasteiger partial charge on any atom is 0.156 e. The summed E-state index contributed by atoms with van der Waals surface area (Å²) >= 11 is 11.8. The molecule has 2 nitrogen and oxygen atoms in total. The first kappa shape index (κ1) is 12.4. The van der Waals surface area contributed by atoms with Crippen LogP contribution in [0.3, 0.4) is 0 Å². The molecule has 0 atom stereocenters. The van der Waals surface area contributed by atoms with Gasteiger partial charge in [-0.15, -0.1) is 0 Å². The molecule has 0 saturated carbocycles. The first-order valence-electron chi connectivity index (χ1n) is 4.62. The first-order chi connectivity index (χ1) is 7.25. The van der Waals surface area contributed by atoms with Crippen LogP contribution in [-0.4, -0.2) is 20.2 Å². The van der Waals surface area contributed by atoms with E-state index in [0.717, 1.165) is 6.54 Å². The summed E-state index contributed by atoms with van der Waals surface area (Å²) in [5, 5.41) is 4.06. The van der Waals surface area contributed by atoms with E-state index in [2.05, 4.69) is 5.32 Å². The van der Waals surface area contributed by atoms with Crippen LogP contribution in [0.1, 0.15) is 0 Å². The van der Waals surface area contributed by atoms with E-state index in [9.17, 15) is 0 Å². The number of nitrogens with one attached hydrogen (secondary N) is 1. The second-order valence-electron chi connectivity index (χ2n) is 2.89. The topological polar surface area (TPSA) is 21.3 Å². The average Bonchev–Trinajstić information content (AvgIpc) is 2.21. The van der Waals surface area contributed by atoms with Crippen molar-refractivity contribution in [1.82, 2.24) is 5.32 Å². The number of ether oxygens (including phenoxy) is 1. The molecule has 0 aliphatic rings. The molecular weight excluding hydrogens is 233 g/mol. The highest BCUT2D eigenvalue weighted by Gasteiger charge is 2.04. The van der Waals surface area contributed by atoms with Gasteiger partial charge in [0.05, 0.1) is 10.0 Å². The van der Waals surface area contributed by atoms with Crippen LogP contribution in [0.2, 0.25) is 10.0 Å². The van der Waals surface area contributed by atoms with Crippen molar-refractivity contribution < 1.29 is 4.74 Å². The first-order valence-corrected chi connectivity index (χ1v) is 5.37. The molecule has 0 aliphatic heterocycles. The van der Waals surface area contributed by atoms with Gasteiger partial charge < -0.3 is 10.1 Å². The summed E-state index contributed by atoms with van der Waals surface area (Å²) in [7, 11) is 1.89. The molecule has 1 aromatic rings. The Balaban J connectivity index is 2.50.